The average molecular weight is 203 g/mol. The zero-order chi connectivity index (χ0) is 11.3. The fraction of sp³-hybridized carbons (Fsp3) is 0.0833. The lowest BCUT2D eigenvalue weighted by Gasteiger charge is -2.08. The Bertz CT molecular complexity index is 397. The largest absolute Gasteiger partial charge is 0.423 e. The Hall–Kier alpha value is -2.03. The van der Waals surface area contributed by atoms with Crippen molar-refractivity contribution >= 4 is 17.7 Å². The van der Waals surface area contributed by atoms with Crippen LogP contribution in [0.25, 0.3) is 6.08 Å². The van der Waals surface area contributed by atoms with Crippen LogP contribution in [0.1, 0.15) is 5.56 Å². The third-order valence-electron chi connectivity index (χ3n) is 1.90. The second-order valence-electron chi connectivity index (χ2n) is 2.83. The van der Waals surface area contributed by atoms with Crippen LogP contribution in [0.3, 0.4) is 0 Å². The van der Waals surface area contributed by atoms with Crippen molar-refractivity contribution in [2.75, 3.05) is 12.4 Å². The van der Waals surface area contributed by atoms with E-state index in [0.717, 1.165) is 17.3 Å². The van der Waals surface area contributed by atoms with Gasteiger partial charge in [-0.1, -0.05) is 19.2 Å². The number of ether oxygens (including phenoxy) is 1. The van der Waals surface area contributed by atoms with Crippen LogP contribution in [0.4, 0.5) is 5.69 Å². The topological polar surface area (TPSA) is 38.3 Å². The fourth-order valence-electron chi connectivity index (χ4n) is 1.10. The van der Waals surface area contributed by atoms with Gasteiger partial charge in [0.1, 0.15) is 5.75 Å². The lowest BCUT2D eigenvalue weighted by atomic mass is 10.2. The van der Waals surface area contributed by atoms with Crippen molar-refractivity contribution in [2.24, 2.45) is 0 Å². The molecule has 0 atom stereocenters. The second kappa shape index (κ2) is 5.00. The number of nitrogens with one attached hydrogen (secondary N) is 1. The van der Waals surface area contributed by atoms with Crippen molar-refractivity contribution in [1.82, 2.24) is 0 Å². The maximum atomic E-state index is 11.1. The van der Waals surface area contributed by atoms with Crippen molar-refractivity contribution < 1.29 is 9.53 Å². The molecule has 1 aromatic carbocycles. The van der Waals surface area contributed by atoms with E-state index in [0.29, 0.717) is 5.75 Å². The SMILES string of the molecule is C=CC(=O)Oc1cc(NC)ccc1C=C. The smallest absolute Gasteiger partial charge is 0.335 e. The maximum absolute atomic E-state index is 11.1. The molecule has 0 aliphatic heterocycles. The Balaban J connectivity index is 3.05. The van der Waals surface area contributed by atoms with E-state index < -0.39 is 5.97 Å². The van der Waals surface area contributed by atoms with Crippen LogP contribution in [0.15, 0.2) is 37.4 Å². The third kappa shape index (κ3) is 2.71. The molecule has 3 nitrogen and oxygen atoms in total. The second-order valence-corrected chi connectivity index (χ2v) is 2.83. The molecule has 15 heavy (non-hydrogen) atoms. The Morgan fingerprint density at radius 1 is 1.47 bits per heavy atom. The molecule has 1 N–H and O–H groups in total. The van der Waals surface area contributed by atoms with Crippen LogP contribution in [-0.2, 0) is 4.79 Å². The van der Waals surface area contributed by atoms with E-state index in [1.807, 2.05) is 12.1 Å². The number of benzene rings is 1. The van der Waals surface area contributed by atoms with Gasteiger partial charge in [0, 0.05) is 30.4 Å². The molecule has 0 unspecified atom stereocenters. The normalized spacial score (nSPS) is 9.13. The highest BCUT2D eigenvalue weighted by Crippen LogP contribution is 2.24. The highest BCUT2D eigenvalue weighted by Gasteiger charge is 2.05. The molecule has 0 fully saturated rings. The Labute approximate surface area is 89.1 Å². The van der Waals surface area contributed by atoms with Gasteiger partial charge in [-0.3, -0.25) is 0 Å². The highest BCUT2D eigenvalue weighted by atomic mass is 16.5. The van der Waals surface area contributed by atoms with Gasteiger partial charge in [-0.25, -0.2) is 4.79 Å². The molecule has 78 valence electrons. The first-order valence-corrected chi connectivity index (χ1v) is 4.49. The summed E-state index contributed by atoms with van der Waals surface area (Å²) in [5.74, 6) is -0.00639. The van der Waals surface area contributed by atoms with Crippen LogP contribution in [0, 0.1) is 0 Å². The molecule has 1 rings (SSSR count). The van der Waals surface area contributed by atoms with Crippen molar-refractivity contribution in [3.05, 3.63) is 43.0 Å². The monoisotopic (exact) mass is 203 g/mol. The number of esters is 1. The van der Waals surface area contributed by atoms with Crippen molar-refractivity contribution in [3.8, 4) is 5.75 Å². The van der Waals surface area contributed by atoms with E-state index in [2.05, 4.69) is 18.5 Å². The first kappa shape index (κ1) is 11.0. The summed E-state index contributed by atoms with van der Waals surface area (Å²) >= 11 is 0. The predicted octanol–water partition coefficient (Wildman–Crippen LogP) is 2.46. The molecule has 0 radical (unpaired) electrons. The number of carbonyl (C=O) groups is 1. The summed E-state index contributed by atoms with van der Waals surface area (Å²) < 4.78 is 5.06. The highest BCUT2D eigenvalue weighted by molar-refractivity contribution is 5.84. The number of anilines is 1. The molecular formula is C12H13NO2. The van der Waals surface area contributed by atoms with Gasteiger partial charge in [-0.05, 0) is 12.1 Å². The standard InChI is InChI=1S/C12H13NO2/c1-4-9-6-7-10(13-3)8-11(9)15-12(14)5-2/h4-8,13H,1-2H2,3H3. The Kier molecular flexibility index (Phi) is 3.68. The summed E-state index contributed by atoms with van der Waals surface area (Å²) in [6.45, 7) is 6.98. The number of hydrogen-bond acceptors (Lipinski definition) is 3. The minimum absolute atomic E-state index is 0.474. The van der Waals surface area contributed by atoms with Crippen molar-refractivity contribution in [2.45, 2.75) is 0 Å². The quantitative estimate of drug-likeness (QED) is 0.464. The van der Waals surface area contributed by atoms with E-state index in [1.165, 1.54) is 0 Å². The van der Waals surface area contributed by atoms with Gasteiger partial charge in [0.05, 0.1) is 0 Å². The summed E-state index contributed by atoms with van der Waals surface area (Å²) in [7, 11) is 1.79. The van der Waals surface area contributed by atoms with Gasteiger partial charge in [0.2, 0.25) is 0 Å². The van der Waals surface area contributed by atoms with Crippen LogP contribution in [0.5, 0.6) is 5.75 Å². The van der Waals surface area contributed by atoms with Gasteiger partial charge in [-0.15, -0.1) is 0 Å². The van der Waals surface area contributed by atoms with Gasteiger partial charge in [-0.2, -0.15) is 0 Å². The minimum Gasteiger partial charge on any atom is -0.423 e. The van der Waals surface area contributed by atoms with Gasteiger partial charge in [0.15, 0.2) is 0 Å². The molecule has 0 saturated heterocycles. The van der Waals surface area contributed by atoms with Gasteiger partial charge < -0.3 is 10.1 Å². The molecule has 3 heteroatoms. The van der Waals surface area contributed by atoms with Gasteiger partial charge >= 0.3 is 5.97 Å². The lowest BCUT2D eigenvalue weighted by molar-refractivity contribution is -0.128. The van der Waals surface area contributed by atoms with E-state index in [4.69, 9.17) is 4.74 Å². The zero-order valence-corrected chi connectivity index (χ0v) is 8.62. The van der Waals surface area contributed by atoms with Gasteiger partial charge in [0.25, 0.3) is 0 Å². The van der Waals surface area contributed by atoms with Crippen LogP contribution in [0.2, 0.25) is 0 Å². The first-order chi connectivity index (χ1) is 7.21. The number of hydrogen-bond donors (Lipinski definition) is 1. The average Bonchev–Trinajstić information content (AvgIpc) is 2.28. The summed E-state index contributed by atoms with van der Waals surface area (Å²) in [5.41, 5.74) is 1.64. The molecule has 0 spiro atoms. The van der Waals surface area contributed by atoms with Crippen molar-refractivity contribution in [1.29, 1.82) is 0 Å². The first-order valence-electron chi connectivity index (χ1n) is 4.49. The molecule has 0 aliphatic carbocycles. The minimum atomic E-state index is -0.480. The molecule has 0 saturated carbocycles. The summed E-state index contributed by atoms with van der Waals surface area (Å²) in [5, 5.41) is 2.96. The summed E-state index contributed by atoms with van der Waals surface area (Å²) in [4.78, 5) is 11.1. The summed E-state index contributed by atoms with van der Waals surface area (Å²) in [6.07, 6.45) is 2.75. The molecule has 1 aromatic rings. The van der Waals surface area contributed by atoms with E-state index in [-0.39, 0.29) is 0 Å². The Morgan fingerprint density at radius 3 is 2.73 bits per heavy atom. The van der Waals surface area contributed by atoms with Crippen LogP contribution in [-0.4, -0.2) is 13.0 Å². The summed E-state index contributed by atoms with van der Waals surface area (Å²) in [6, 6.07) is 5.44. The molecule has 0 aromatic heterocycles. The predicted molar refractivity (Wildman–Crippen MR) is 61.9 cm³/mol. The zero-order valence-electron chi connectivity index (χ0n) is 8.62. The maximum Gasteiger partial charge on any atom is 0.335 e. The molecule has 0 bridgehead atoms. The Morgan fingerprint density at radius 2 is 2.20 bits per heavy atom. The van der Waals surface area contributed by atoms with Crippen molar-refractivity contribution in [3.63, 3.8) is 0 Å². The van der Waals surface area contributed by atoms with E-state index >= 15 is 0 Å². The number of carbonyl (C=O) groups excluding carboxylic acids is 1. The fourth-order valence-corrected chi connectivity index (χ4v) is 1.10. The van der Waals surface area contributed by atoms with Crippen LogP contribution >= 0.6 is 0 Å². The molecule has 0 amide bonds. The molecule has 0 heterocycles. The molecular weight excluding hydrogens is 190 g/mol. The number of rotatable bonds is 4. The molecule has 0 aliphatic rings. The van der Waals surface area contributed by atoms with E-state index in [1.54, 1.807) is 19.2 Å². The van der Waals surface area contributed by atoms with Crippen LogP contribution < -0.4 is 10.1 Å². The van der Waals surface area contributed by atoms with E-state index in [9.17, 15) is 4.79 Å². The lowest BCUT2D eigenvalue weighted by Crippen LogP contribution is -2.04. The third-order valence-corrected chi connectivity index (χ3v) is 1.90.